The van der Waals surface area contributed by atoms with E-state index in [4.69, 9.17) is 0 Å². The molecule has 0 bridgehead atoms. The molecule has 96 valence electrons. The molecule has 0 fully saturated rings. The molecular weight excluding hydrogens is 261 g/mol. The van der Waals surface area contributed by atoms with Gasteiger partial charge in [0, 0.05) is 18.0 Å². The summed E-state index contributed by atoms with van der Waals surface area (Å²) in [6.07, 6.45) is -1.95. The van der Waals surface area contributed by atoms with Crippen LogP contribution in [0.2, 0.25) is 0 Å². The molecule has 2 nitrogen and oxygen atoms in total. The van der Waals surface area contributed by atoms with Crippen LogP contribution in [0.4, 0.5) is 13.2 Å². The van der Waals surface area contributed by atoms with E-state index in [1.807, 2.05) is 10.8 Å². The third-order valence-electron chi connectivity index (χ3n) is 2.63. The maximum Gasteiger partial charge on any atom is 0.416 e. The van der Waals surface area contributed by atoms with Gasteiger partial charge in [0.2, 0.25) is 0 Å². The molecule has 6 heteroatoms. The van der Waals surface area contributed by atoms with Crippen molar-refractivity contribution in [1.29, 1.82) is 0 Å². The number of rotatable bonds is 3. The molecule has 0 aromatic carbocycles. The van der Waals surface area contributed by atoms with Crippen LogP contribution in [0, 0.1) is 0 Å². The van der Waals surface area contributed by atoms with Crippen LogP contribution in [0.1, 0.15) is 22.7 Å². The number of nitrogens with one attached hydrogen (secondary N) is 1. The Hall–Kier alpha value is -1.40. The van der Waals surface area contributed by atoms with Crippen molar-refractivity contribution >= 4 is 11.3 Å². The molecule has 1 N–H and O–H groups in total. The van der Waals surface area contributed by atoms with Crippen molar-refractivity contribution in [1.82, 2.24) is 10.3 Å². The van der Waals surface area contributed by atoms with Crippen LogP contribution in [0.25, 0.3) is 0 Å². The second-order valence-electron chi connectivity index (χ2n) is 3.74. The number of alkyl halides is 3. The summed E-state index contributed by atoms with van der Waals surface area (Å²) in [7, 11) is 1.63. The second kappa shape index (κ2) is 5.07. The number of hydrogen-bond acceptors (Lipinski definition) is 3. The number of pyridine rings is 1. The normalized spacial score (nSPS) is 13.6. The van der Waals surface area contributed by atoms with Crippen molar-refractivity contribution in [3.05, 3.63) is 52.0 Å². The van der Waals surface area contributed by atoms with Crippen molar-refractivity contribution in [2.45, 2.75) is 12.2 Å². The van der Waals surface area contributed by atoms with Gasteiger partial charge in [-0.3, -0.25) is 4.98 Å². The average Bonchev–Trinajstić information content (AvgIpc) is 2.83. The van der Waals surface area contributed by atoms with Gasteiger partial charge in [-0.1, -0.05) is 0 Å². The van der Waals surface area contributed by atoms with Gasteiger partial charge in [0.1, 0.15) is 0 Å². The van der Waals surface area contributed by atoms with Gasteiger partial charge in [-0.05, 0) is 35.5 Å². The summed E-state index contributed by atoms with van der Waals surface area (Å²) in [5.41, 5.74) is 0.301. The molecule has 2 aromatic rings. The number of nitrogens with zero attached hydrogens (tertiary/aromatic N) is 1. The molecule has 0 radical (unpaired) electrons. The van der Waals surface area contributed by atoms with Gasteiger partial charge in [-0.15, -0.1) is 0 Å². The summed E-state index contributed by atoms with van der Waals surface area (Å²) in [6, 6.07) is 2.31. The third-order valence-corrected chi connectivity index (χ3v) is 3.33. The molecule has 18 heavy (non-hydrogen) atoms. The number of thiophene rings is 1. The Morgan fingerprint density at radius 1 is 1.33 bits per heavy atom. The lowest BCUT2D eigenvalue weighted by molar-refractivity contribution is -0.138. The Morgan fingerprint density at radius 2 is 2.11 bits per heavy atom. The second-order valence-corrected chi connectivity index (χ2v) is 4.52. The van der Waals surface area contributed by atoms with E-state index >= 15 is 0 Å². The van der Waals surface area contributed by atoms with E-state index < -0.39 is 17.8 Å². The summed E-state index contributed by atoms with van der Waals surface area (Å²) in [4.78, 5) is 3.80. The highest BCUT2D eigenvalue weighted by Crippen LogP contribution is 2.36. The lowest BCUT2D eigenvalue weighted by Gasteiger charge is -2.20. The lowest BCUT2D eigenvalue weighted by atomic mass is 9.98. The molecule has 2 aromatic heterocycles. The molecule has 0 amide bonds. The van der Waals surface area contributed by atoms with Crippen LogP contribution >= 0.6 is 11.3 Å². The first-order chi connectivity index (χ1) is 8.54. The van der Waals surface area contributed by atoms with Crippen molar-refractivity contribution < 1.29 is 13.2 Å². The Balaban J connectivity index is 2.50. The topological polar surface area (TPSA) is 24.9 Å². The minimum atomic E-state index is -4.37. The summed E-state index contributed by atoms with van der Waals surface area (Å²) in [6.45, 7) is 0. The molecule has 1 unspecified atom stereocenters. The fourth-order valence-electron chi connectivity index (χ4n) is 1.84. The van der Waals surface area contributed by atoms with Crippen LogP contribution in [-0.4, -0.2) is 12.0 Å². The van der Waals surface area contributed by atoms with Crippen molar-refractivity contribution in [3.63, 3.8) is 0 Å². The maximum atomic E-state index is 12.9. The summed E-state index contributed by atoms with van der Waals surface area (Å²) < 4.78 is 38.8. The van der Waals surface area contributed by atoms with Gasteiger partial charge in [0.05, 0.1) is 11.6 Å². The van der Waals surface area contributed by atoms with Crippen LogP contribution < -0.4 is 5.32 Å². The van der Waals surface area contributed by atoms with Gasteiger partial charge >= 0.3 is 6.18 Å². The Bertz CT molecular complexity index is 508. The van der Waals surface area contributed by atoms with Gasteiger partial charge in [0.25, 0.3) is 0 Å². The molecule has 0 saturated heterocycles. The molecule has 0 saturated carbocycles. The van der Waals surface area contributed by atoms with E-state index in [0.29, 0.717) is 0 Å². The Labute approximate surface area is 106 Å². The van der Waals surface area contributed by atoms with Crippen molar-refractivity contribution in [2.24, 2.45) is 0 Å². The van der Waals surface area contributed by atoms with E-state index in [-0.39, 0.29) is 5.56 Å². The first-order valence-electron chi connectivity index (χ1n) is 5.24. The van der Waals surface area contributed by atoms with Gasteiger partial charge in [-0.25, -0.2) is 0 Å². The SMILES string of the molecule is CNC(c1ccsc1)c1cnccc1C(F)(F)F. The summed E-state index contributed by atoms with van der Waals surface area (Å²) >= 11 is 1.45. The lowest BCUT2D eigenvalue weighted by Crippen LogP contribution is -2.21. The highest BCUT2D eigenvalue weighted by Gasteiger charge is 2.35. The fraction of sp³-hybridized carbons (Fsp3) is 0.250. The van der Waals surface area contributed by atoms with Crippen molar-refractivity contribution in [3.8, 4) is 0 Å². The minimum Gasteiger partial charge on any atom is -0.309 e. The minimum absolute atomic E-state index is 0.144. The van der Waals surface area contributed by atoms with Crippen LogP contribution in [0.5, 0.6) is 0 Å². The molecule has 2 heterocycles. The molecule has 0 spiro atoms. The van der Waals surface area contributed by atoms with Crippen LogP contribution in [0.3, 0.4) is 0 Å². The quantitative estimate of drug-likeness (QED) is 0.925. The maximum absolute atomic E-state index is 12.9. The first-order valence-corrected chi connectivity index (χ1v) is 6.18. The Morgan fingerprint density at radius 3 is 2.67 bits per heavy atom. The van der Waals surface area contributed by atoms with Gasteiger partial charge in [0.15, 0.2) is 0 Å². The molecule has 1 atom stereocenters. The van der Waals surface area contributed by atoms with Crippen molar-refractivity contribution in [2.75, 3.05) is 7.05 Å². The molecule has 0 aliphatic heterocycles. The monoisotopic (exact) mass is 272 g/mol. The number of aromatic nitrogens is 1. The molecule has 0 aliphatic carbocycles. The molecular formula is C12H11F3N2S. The largest absolute Gasteiger partial charge is 0.416 e. The number of hydrogen-bond donors (Lipinski definition) is 1. The van der Waals surface area contributed by atoms with Gasteiger partial charge < -0.3 is 5.32 Å². The van der Waals surface area contributed by atoms with E-state index in [1.54, 1.807) is 13.1 Å². The van der Waals surface area contributed by atoms with E-state index in [9.17, 15) is 13.2 Å². The molecule has 2 rings (SSSR count). The summed E-state index contributed by atoms with van der Waals surface area (Å²) in [5.74, 6) is 0. The standard InChI is InChI=1S/C12H11F3N2S/c1-16-11(8-3-5-18-7-8)9-6-17-4-2-10(9)12(13,14)15/h2-7,11,16H,1H3. The zero-order chi connectivity index (χ0) is 13.2. The number of halogens is 3. The average molecular weight is 272 g/mol. The van der Waals surface area contributed by atoms with E-state index in [2.05, 4.69) is 10.3 Å². The highest BCUT2D eigenvalue weighted by atomic mass is 32.1. The zero-order valence-electron chi connectivity index (χ0n) is 9.53. The predicted molar refractivity (Wildman–Crippen MR) is 64.5 cm³/mol. The third kappa shape index (κ3) is 2.54. The highest BCUT2D eigenvalue weighted by molar-refractivity contribution is 7.08. The zero-order valence-corrected chi connectivity index (χ0v) is 10.3. The van der Waals surface area contributed by atoms with Crippen LogP contribution in [0.15, 0.2) is 35.3 Å². The van der Waals surface area contributed by atoms with Crippen LogP contribution in [-0.2, 0) is 6.18 Å². The smallest absolute Gasteiger partial charge is 0.309 e. The Kier molecular flexibility index (Phi) is 3.68. The van der Waals surface area contributed by atoms with E-state index in [1.165, 1.54) is 17.5 Å². The van der Waals surface area contributed by atoms with E-state index in [0.717, 1.165) is 17.8 Å². The first kappa shape index (κ1) is 13.0. The fourth-order valence-corrected chi connectivity index (χ4v) is 2.52. The predicted octanol–water partition coefficient (Wildman–Crippen LogP) is 3.47. The summed E-state index contributed by atoms with van der Waals surface area (Å²) in [5, 5.41) is 6.56. The molecule has 0 aliphatic rings. The van der Waals surface area contributed by atoms with Gasteiger partial charge in [-0.2, -0.15) is 24.5 Å².